The molecule has 0 aromatic heterocycles. The van der Waals surface area contributed by atoms with Gasteiger partial charge in [-0.05, 0) is 12.5 Å². The molecule has 0 amide bonds. The molecule has 1 unspecified atom stereocenters. The molecule has 1 aromatic carbocycles. The van der Waals surface area contributed by atoms with Crippen LogP contribution >= 0.6 is 0 Å². The maximum Gasteiger partial charge on any atom is 0.356 e. The summed E-state index contributed by atoms with van der Waals surface area (Å²) < 4.78 is 10.4. The summed E-state index contributed by atoms with van der Waals surface area (Å²) in [5.41, 5.74) is 1.43. The second-order valence-electron chi connectivity index (χ2n) is 4.19. The van der Waals surface area contributed by atoms with Gasteiger partial charge in [-0.1, -0.05) is 35.5 Å². The van der Waals surface area contributed by atoms with Crippen LogP contribution in [0.1, 0.15) is 18.9 Å². The van der Waals surface area contributed by atoms with Crippen LogP contribution < -0.4 is 0 Å². The normalized spacial score (nSPS) is 17.7. The van der Waals surface area contributed by atoms with E-state index in [0.29, 0.717) is 32.0 Å². The SMILES string of the molecule is CCOC(=O)C1=NOC(COCc2ccccc2)C1. The first-order chi connectivity index (χ1) is 9.29. The van der Waals surface area contributed by atoms with Gasteiger partial charge in [0.15, 0.2) is 11.8 Å². The lowest BCUT2D eigenvalue weighted by Gasteiger charge is -2.08. The fourth-order valence-electron chi connectivity index (χ4n) is 1.74. The molecule has 2 rings (SSSR count). The number of nitrogens with zero attached hydrogens (tertiary/aromatic N) is 1. The number of hydrogen-bond acceptors (Lipinski definition) is 5. The fraction of sp³-hybridized carbons (Fsp3) is 0.429. The Hall–Kier alpha value is -1.88. The second-order valence-corrected chi connectivity index (χ2v) is 4.19. The van der Waals surface area contributed by atoms with Crippen LogP contribution in [0.5, 0.6) is 0 Å². The second kappa shape index (κ2) is 6.89. The van der Waals surface area contributed by atoms with Gasteiger partial charge >= 0.3 is 5.97 Å². The number of carbonyl (C=O) groups excluding carboxylic acids is 1. The quantitative estimate of drug-likeness (QED) is 0.736. The largest absolute Gasteiger partial charge is 0.461 e. The smallest absolute Gasteiger partial charge is 0.356 e. The van der Waals surface area contributed by atoms with E-state index in [9.17, 15) is 4.79 Å². The van der Waals surface area contributed by atoms with Crippen LogP contribution in [0.4, 0.5) is 0 Å². The van der Waals surface area contributed by atoms with Crippen LogP contribution in [0.15, 0.2) is 35.5 Å². The van der Waals surface area contributed by atoms with E-state index in [1.807, 2.05) is 30.3 Å². The first-order valence-electron chi connectivity index (χ1n) is 6.31. The number of benzene rings is 1. The predicted octanol–water partition coefficient (Wildman–Crippen LogP) is 1.91. The van der Waals surface area contributed by atoms with Gasteiger partial charge in [0.1, 0.15) is 0 Å². The third kappa shape index (κ3) is 4.06. The van der Waals surface area contributed by atoms with Crippen molar-refractivity contribution in [3.63, 3.8) is 0 Å². The average Bonchev–Trinajstić information content (AvgIpc) is 2.89. The molecule has 1 heterocycles. The molecule has 0 aliphatic carbocycles. The monoisotopic (exact) mass is 263 g/mol. The minimum absolute atomic E-state index is 0.205. The first kappa shape index (κ1) is 13.5. The summed E-state index contributed by atoms with van der Waals surface area (Å²) in [5, 5.41) is 3.72. The van der Waals surface area contributed by atoms with Gasteiger partial charge in [0, 0.05) is 6.42 Å². The molecule has 0 bridgehead atoms. The molecular formula is C14H17NO4. The van der Waals surface area contributed by atoms with Crippen molar-refractivity contribution in [2.45, 2.75) is 26.1 Å². The van der Waals surface area contributed by atoms with Crippen molar-refractivity contribution in [3.8, 4) is 0 Å². The zero-order valence-electron chi connectivity index (χ0n) is 10.9. The third-order valence-electron chi connectivity index (χ3n) is 2.66. The Morgan fingerprint density at radius 1 is 1.42 bits per heavy atom. The van der Waals surface area contributed by atoms with Gasteiger partial charge < -0.3 is 14.3 Å². The highest BCUT2D eigenvalue weighted by molar-refractivity contribution is 6.36. The van der Waals surface area contributed by atoms with Crippen molar-refractivity contribution in [1.82, 2.24) is 0 Å². The van der Waals surface area contributed by atoms with Crippen LogP contribution in [-0.4, -0.2) is 31.0 Å². The van der Waals surface area contributed by atoms with E-state index < -0.39 is 5.97 Å². The number of esters is 1. The molecule has 102 valence electrons. The van der Waals surface area contributed by atoms with E-state index in [1.165, 1.54) is 0 Å². The van der Waals surface area contributed by atoms with Crippen molar-refractivity contribution in [1.29, 1.82) is 0 Å². The van der Waals surface area contributed by atoms with E-state index >= 15 is 0 Å². The summed E-state index contributed by atoms with van der Waals surface area (Å²) in [6.45, 7) is 3.03. The van der Waals surface area contributed by atoms with Crippen LogP contribution in [0.3, 0.4) is 0 Å². The highest BCUT2D eigenvalue weighted by Crippen LogP contribution is 2.13. The Balaban J connectivity index is 1.68. The molecule has 5 heteroatoms. The number of rotatable bonds is 6. The standard InChI is InChI=1S/C14H17NO4/c1-2-18-14(16)13-8-12(19-15-13)10-17-9-11-6-4-3-5-7-11/h3-7,12H,2,8-10H2,1H3. The molecule has 0 saturated heterocycles. The molecule has 19 heavy (non-hydrogen) atoms. The molecule has 1 aliphatic rings. The van der Waals surface area contributed by atoms with Gasteiger partial charge in [0.05, 0.1) is 19.8 Å². The molecule has 0 spiro atoms. The van der Waals surface area contributed by atoms with Crippen LogP contribution in [-0.2, 0) is 25.7 Å². The van der Waals surface area contributed by atoms with Gasteiger partial charge in [-0.2, -0.15) is 0 Å². The molecule has 0 N–H and O–H groups in total. The first-order valence-corrected chi connectivity index (χ1v) is 6.31. The molecule has 0 saturated carbocycles. The summed E-state index contributed by atoms with van der Waals surface area (Å²) in [5.74, 6) is -0.409. The molecule has 0 fully saturated rings. The van der Waals surface area contributed by atoms with Gasteiger partial charge in [-0.25, -0.2) is 4.79 Å². The molecule has 1 aromatic rings. The minimum atomic E-state index is -0.409. The zero-order chi connectivity index (χ0) is 13.5. The Kier molecular flexibility index (Phi) is 4.92. The summed E-state index contributed by atoms with van der Waals surface area (Å²) in [6.07, 6.45) is 0.233. The highest BCUT2D eigenvalue weighted by Gasteiger charge is 2.27. The molecule has 1 atom stereocenters. The zero-order valence-corrected chi connectivity index (χ0v) is 10.9. The van der Waals surface area contributed by atoms with Gasteiger partial charge in [-0.3, -0.25) is 0 Å². The van der Waals surface area contributed by atoms with Crippen molar-refractivity contribution < 1.29 is 19.1 Å². The minimum Gasteiger partial charge on any atom is -0.461 e. The maximum absolute atomic E-state index is 11.4. The van der Waals surface area contributed by atoms with E-state index in [0.717, 1.165) is 5.56 Å². The predicted molar refractivity (Wildman–Crippen MR) is 69.7 cm³/mol. The van der Waals surface area contributed by atoms with Gasteiger partial charge in [-0.15, -0.1) is 0 Å². The van der Waals surface area contributed by atoms with Crippen LogP contribution in [0.25, 0.3) is 0 Å². The van der Waals surface area contributed by atoms with Crippen LogP contribution in [0, 0.1) is 0 Å². The average molecular weight is 263 g/mol. The van der Waals surface area contributed by atoms with Gasteiger partial charge in [0.2, 0.25) is 0 Å². The van der Waals surface area contributed by atoms with Crippen molar-refractivity contribution >= 4 is 11.7 Å². The summed E-state index contributed by atoms with van der Waals surface area (Å²) in [7, 11) is 0. The molecule has 1 aliphatic heterocycles. The number of ether oxygens (including phenoxy) is 2. The number of hydrogen-bond donors (Lipinski definition) is 0. The fourth-order valence-corrected chi connectivity index (χ4v) is 1.74. The Bertz CT molecular complexity index is 444. The molecule has 0 radical (unpaired) electrons. The van der Waals surface area contributed by atoms with Gasteiger partial charge in [0.25, 0.3) is 0 Å². The topological polar surface area (TPSA) is 57.1 Å². The third-order valence-corrected chi connectivity index (χ3v) is 2.66. The Labute approximate surface area is 112 Å². The number of carbonyl (C=O) groups is 1. The highest BCUT2D eigenvalue weighted by atomic mass is 16.7. The Morgan fingerprint density at radius 2 is 2.21 bits per heavy atom. The van der Waals surface area contributed by atoms with Crippen molar-refractivity contribution in [3.05, 3.63) is 35.9 Å². The maximum atomic E-state index is 11.4. The summed E-state index contributed by atoms with van der Waals surface area (Å²) >= 11 is 0. The summed E-state index contributed by atoms with van der Waals surface area (Å²) in [6, 6.07) is 9.88. The van der Waals surface area contributed by atoms with Crippen LogP contribution in [0.2, 0.25) is 0 Å². The van der Waals surface area contributed by atoms with Crippen molar-refractivity contribution in [2.75, 3.05) is 13.2 Å². The lowest BCUT2D eigenvalue weighted by atomic mass is 10.2. The molecular weight excluding hydrogens is 246 g/mol. The van der Waals surface area contributed by atoms with Crippen molar-refractivity contribution in [2.24, 2.45) is 5.16 Å². The van der Waals surface area contributed by atoms with E-state index in [4.69, 9.17) is 14.3 Å². The van der Waals surface area contributed by atoms with E-state index in [-0.39, 0.29) is 6.10 Å². The summed E-state index contributed by atoms with van der Waals surface area (Å²) in [4.78, 5) is 16.5. The lowest BCUT2D eigenvalue weighted by Crippen LogP contribution is -2.21. The van der Waals surface area contributed by atoms with E-state index in [2.05, 4.69) is 5.16 Å². The van der Waals surface area contributed by atoms with E-state index in [1.54, 1.807) is 6.92 Å². The lowest BCUT2D eigenvalue weighted by molar-refractivity contribution is -0.135. The molecule has 5 nitrogen and oxygen atoms in total. The Morgan fingerprint density at radius 3 is 2.95 bits per heavy atom. The number of oxime groups is 1.